The molecule has 2 aliphatic heterocycles. The summed E-state index contributed by atoms with van der Waals surface area (Å²) in [5.74, 6) is -0.274. The number of nitrogens with zero attached hydrogens (tertiary/aromatic N) is 2. The Balaban J connectivity index is 1.41. The minimum Gasteiger partial charge on any atom is -0.370 e. The molecule has 146 valence electrons. The van der Waals surface area contributed by atoms with E-state index in [1.165, 1.54) is 11.3 Å². The average Bonchev–Trinajstić information content (AvgIpc) is 3.28. The molecule has 0 bridgehead atoms. The molecule has 0 unspecified atom stereocenters. The molecule has 0 spiro atoms. The number of ether oxygens (including phenoxy) is 1. The van der Waals surface area contributed by atoms with Crippen molar-refractivity contribution in [3.8, 4) is 0 Å². The number of hydrogen-bond donors (Lipinski definition) is 1. The van der Waals surface area contributed by atoms with Gasteiger partial charge in [-0.05, 0) is 46.3 Å². The summed E-state index contributed by atoms with van der Waals surface area (Å²) in [7, 11) is 0. The minimum atomic E-state index is -0.235. The third kappa shape index (κ3) is 3.96. The third-order valence-electron chi connectivity index (χ3n) is 4.71. The Morgan fingerprint density at radius 1 is 1.14 bits per heavy atom. The van der Waals surface area contributed by atoms with Crippen molar-refractivity contribution in [3.05, 3.63) is 45.1 Å². The highest BCUT2D eigenvalue weighted by Crippen LogP contribution is 2.26. The number of anilines is 2. The zero-order valence-corrected chi connectivity index (χ0v) is 17.3. The van der Waals surface area contributed by atoms with Crippen molar-refractivity contribution in [2.45, 2.75) is 12.5 Å². The number of thiophene rings is 1. The first-order valence-corrected chi connectivity index (χ1v) is 10.5. The molecule has 9 heteroatoms. The van der Waals surface area contributed by atoms with Crippen LogP contribution in [0.3, 0.4) is 0 Å². The van der Waals surface area contributed by atoms with Crippen LogP contribution in [0.25, 0.3) is 0 Å². The fourth-order valence-corrected chi connectivity index (χ4v) is 4.68. The van der Waals surface area contributed by atoms with Gasteiger partial charge in [0.05, 0.1) is 17.5 Å². The number of benzene rings is 1. The van der Waals surface area contributed by atoms with E-state index in [2.05, 4.69) is 21.2 Å². The molecule has 7 nitrogen and oxygen atoms in total. The number of carbonyl (C=O) groups is 3. The van der Waals surface area contributed by atoms with Gasteiger partial charge in [0.1, 0.15) is 6.61 Å². The Morgan fingerprint density at radius 2 is 1.86 bits per heavy atom. The van der Waals surface area contributed by atoms with E-state index in [1.807, 2.05) is 29.6 Å². The lowest BCUT2D eigenvalue weighted by Gasteiger charge is -2.27. The predicted octanol–water partition coefficient (Wildman–Crippen LogP) is 2.41. The van der Waals surface area contributed by atoms with E-state index in [4.69, 9.17) is 4.74 Å². The van der Waals surface area contributed by atoms with E-state index in [0.29, 0.717) is 24.6 Å². The Bertz CT molecular complexity index is 914. The molecule has 2 aromatic rings. The maximum absolute atomic E-state index is 12.4. The molecule has 0 saturated carbocycles. The number of nitrogens with one attached hydrogen (secondary N) is 1. The Kier molecular flexibility index (Phi) is 5.47. The molecule has 3 heterocycles. The van der Waals surface area contributed by atoms with Gasteiger partial charge >= 0.3 is 0 Å². The molecule has 2 aliphatic rings. The predicted molar refractivity (Wildman–Crippen MR) is 110 cm³/mol. The van der Waals surface area contributed by atoms with Crippen molar-refractivity contribution in [1.82, 2.24) is 5.32 Å². The van der Waals surface area contributed by atoms with E-state index in [0.717, 1.165) is 15.8 Å². The number of carbonyl (C=O) groups excluding carboxylic acids is 3. The molecule has 1 N–H and O–H groups in total. The van der Waals surface area contributed by atoms with Gasteiger partial charge in [0.2, 0.25) is 5.91 Å². The van der Waals surface area contributed by atoms with Gasteiger partial charge in [-0.1, -0.05) is 0 Å². The molecule has 1 atom stereocenters. The molecule has 3 amide bonds. The highest BCUT2D eigenvalue weighted by atomic mass is 79.9. The number of halogens is 1. The van der Waals surface area contributed by atoms with Crippen LogP contribution in [-0.2, 0) is 14.3 Å². The lowest BCUT2D eigenvalue weighted by atomic mass is 10.2. The van der Waals surface area contributed by atoms with Crippen molar-refractivity contribution in [1.29, 1.82) is 0 Å². The van der Waals surface area contributed by atoms with Crippen molar-refractivity contribution in [3.63, 3.8) is 0 Å². The van der Waals surface area contributed by atoms with Crippen molar-refractivity contribution in [2.75, 3.05) is 36.1 Å². The van der Waals surface area contributed by atoms with Gasteiger partial charge in [0, 0.05) is 40.7 Å². The molecule has 4 rings (SSSR count). The first kappa shape index (κ1) is 19.1. The SMILES string of the molecule is O=C(N[C@@H]1CC(=O)N(c2ccc(N3CCOCC3=O)cc2)C1)c1cc(Br)cs1. The summed E-state index contributed by atoms with van der Waals surface area (Å²) >= 11 is 4.69. The lowest BCUT2D eigenvalue weighted by molar-refractivity contribution is -0.125. The molecule has 2 saturated heterocycles. The lowest BCUT2D eigenvalue weighted by Crippen LogP contribution is -2.41. The summed E-state index contributed by atoms with van der Waals surface area (Å²) in [5, 5.41) is 4.78. The maximum atomic E-state index is 12.4. The quantitative estimate of drug-likeness (QED) is 0.754. The van der Waals surface area contributed by atoms with Crippen LogP contribution in [0.2, 0.25) is 0 Å². The molecule has 0 aliphatic carbocycles. The second kappa shape index (κ2) is 8.02. The van der Waals surface area contributed by atoms with Crippen LogP contribution in [0.5, 0.6) is 0 Å². The highest BCUT2D eigenvalue weighted by molar-refractivity contribution is 9.10. The van der Waals surface area contributed by atoms with E-state index < -0.39 is 0 Å². The van der Waals surface area contributed by atoms with Crippen molar-refractivity contribution in [2.24, 2.45) is 0 Å². The van der Waals surface area contributed by atoms with Crippen LogP contribution in [0.1, 0.15) is 16.1 Å². The molecule has 1 aromatic carbocycles. The Hall–Kier alpha value is -2.23. The zero-order valence-electron chi connectivity index (χ0n) is 14.9. The van der Waals surface area contributed by atoms with Gasteiger partial charge in [-0.25, -0.2) is 0 Å². The van der Waals surface area contributed by atoms with Crippen LogP contribution < -0.4 is 15.1 Å². The van der Waals surface area contributed by atoms with E-state index in [9.17, 15) is 14.4 Å². The first-order chi connectivity index (χ1) is 13.5. The maximum Gasteiger partial charge on any atom is 0.261 e. The summed E-state index contributed by atoms with van der Waals surface area (Å²) in [5.41, 5.74) is 1.54. The van der Waals surface area contributed by atoms with E-state index in [-0.39, 0.29) is 36.8 Å². The van der Waals surface area contributed by atoms with Crippen LogP contribution in [-0.4, -0.2) is 50.1 Å². The van der Waals surface area contributed by atoms with Crippen LogP contribution >= 0.6 is 27.3 Å². The first-order valence-electron chi connectivity index (χ1n) is 8.85. The number of morpholine rings is 1. The van der Waals surface area contributed by atoms with Gasteiger partial charge in [0.25, 0.3) is 11.8 Å². The van der Waals surface area contributed by atoms with Crippen LogP contribution in [0, 0.1) is 0 Å². The second-order valence-corrected chi connectivity index (χ2v) is 8.45. The summed E-state index contributed by atoms with van der Waals surface area (Å²) < 4.78 is 6.02. The molecule has 0 radical (unpaired) electrons. The molecule has 1 aromatic heterocycles. The third-order valence-corrected chi connectivity index (χ3v) is 6.40. The summed E-state index contributed by atoms with van der Waals surface area (Å²) in [6, 6.07) is 8.86. The topological polar surface area (TPSA) is 79.0 Å². The number of hydrogen-bond acceptors (Lipinski definition) is 5. The van der Waals surface area contributed by atoms with Crippen molar-refractivity contribution >= 4 is 56.4 Å². The fourth-order valence-electron chi connectivity index (χ4n) is 3.35. The molecular weight excluding hydrogens is 446 g/mol. The molecule has 28 heavy (non-hydrogen) atoms. The smallest absolute Gasteiger partial charge is 0.261 e. The highest BCUT2D eigenvalue weighted by Gasteiger charge is 2.32. The Labute approximate surface area is 174 Å². The van der Waals surface area contributed by atoms with Gasteiger partial charge in [0.15, 0.2) is 0 Å². The van der Waals surface area contributed by atoms with Crippen LogP contribution in [0.4, 0.5) is 11.4 Å². The Morgan fingerprint density at radius 3 is 2.50 bits per heavy atom. The summed E-state index contributed by atoms with van der Waals surface area (Å²) in [4.78, 5) is 40.7. The monoisotopic (exact) mass is 463 g/mol. The molecular formula is C19H18BrN3O4S. The fraction of sp³-hybridized carbons (Fsp3) is 0.316. The standard InChI is InChI=1S/C19H18BrN3O4S/c20-12-7-16(28-11-12)19(26)21-13-8-17(24)23(9-13)15-3-1-14(2-4-15)22-5-6-27-10-18(22)25/h1-4,7,11,13H,5-6,8-10H2,(H,21,26)/t13-/m1/s1. The number of amides is 3. The van der Waals surface area contributed by atoms with E-state index in [1.54, 1.807) is 15.9 Å². The van der Waals surface area contributed by atoms with Crippen LogP contribution in [0.15, 0.2) is 40.2 Å². The number of rotatable bonds is 4. The van der Waals surface area contributed by atoms with E-state index >= 15 is 0 Å². The van der Waals surface area contributed by atoms with Gasteiger partial charge < -0.3 is 19.9 Å². The normalized spacial score (nSPS) is 20.0. The van der Waals surface area contributed by atoms with Gasteiger partial charge in [-0.2, -0.15) is 0 Å². The average molecular weight is 464 g/mol. The van der Waals surface area contributed by atoms with Gasteiger partial charge in [-0.3, -0.25) is 14.4 Å². The zero-order chi connectivity index (χ0) is 19.7. The largest absolute Gasteiger partial charge is 0.370 e. The second-order valence-electron chi connectivity index (χ2n) is 6.62. The summed E-state index contributed by atoms with van der Waals surface area (Å²) in [6.45, 7) is 1.55. The summed E-state index contributed by atoms with van der Waals surface area (Å²) in [6.07, 6.45) is 0.266. The molecule has 2 fully saturated rings. The minimum absolute atomic E-state index is 0.0344. The van der Waals surface area contributed by atoms with Crippen molar-refractivity contribution < 1.29 is 19.1 Å². The van der Waals surface area contributed by atoms with Gasteiger partial charge in [-0.15, -0.1) is 11.3 Å².